The quantitative estimate of drug-likeness (QED) is 0.457. The number of nitrogens with one attached hydrogen (secondary N) is 1. The fourth-order valence-corrected chi connectivity index (χ4v) is 3.78. The van der Waals surface area contributed by atoms with Crippen LogP contribution in [0.15, 0.2) is 65.6 Å². The SMILES string of the molecule is NC(=O)c1cccc(Cn2c(C(=O)O)c(-c3ccc[nH]c3=O)c3cc(Cl)ccc32)c1. The van der Waals surface area contributed by atoms with Gasteiger partial charge in [0.25, 0.3) is 5.56 Å². The summed E-state index contributed by atoms with van der Waals surface area (Å²) in [6, 6.07) is 14.9. The second kappa shape index (κ2) is 7.53. The van der Waals surface area contributed by atoms with Crippen molar-refractivity contribution in [2.75, 3.05) is 0 Å². The van der Waals surface area contributed by atoms with Crippen LogP contribution in [-0.4, -0.2) is 26.5 Å². The van der Waals surface area contributed by atoms with E-state index in [-0.39, 0.29) is 23.4 Å². The predicted octanol–water partition coefficient (Wildman–Crippen LogP) is 3.50. The van der Waals surface area contributed by atoms with E-state index in [9.17, 15) is 19.5 Å². The number of hydrogen-bond donors (Lipinski definition) is 3. The first kappa shape index (κ1) is 19.5. The van der Waals surface area contributed by atoms with Crippen LogP contribution < -0.4 is 11.3 Å². The average molecular weight is 422 g/mol. The molecule has 0 atom stereocenters. The van der Waals surface area contributed by atoms with Crippen molar-refractivity contribution in [3.05, 3.63) is 93.0 Å². The van der Waals surface area contributed by atoms with Crippen molar-refractivity contribution in [1.82, 2.24) is 9.55 Å². The first-order valence-electron chi connectivity index (χ1n) is 8.98. The molecule has 1 amide bonds. The van der Waals surface area contributed by atoms with Crippen molar-refractivity contribution in [2.24, 2.45) is 5.73 Å². The number of carbonyl (C=O) groups is 2. The summed E-state index contributed by atoms with van der Waals surface area (Å²) in [5.41, 5.74) is 7.03. The van der Waals surface area contributed by atoms with Crippen molar-refractivity contribution in [2.45, 2.75) is 6.54 Å². The number of amides is 1. The average Bonchev–Trinajstić information content (AvgIpc) is 3.02. The number of benzene rings is 2. The Morgan fingerprint density at radius 2 is 1.90 bits per heavy atom. The van der Waals surface area contributed by atoms with Gasteiger partial charge >= 0.3 is 5.97 Å². The van der Waals surface area contributed by atoms with Gasteiger partial charge in [0.15, 0.2) is 0 Å². The monoisotopic (exact) mass is 421 g/mol. The minimum atomic E-state index is -1.19. The summed E-state index contributed by atoms with van der Waals surface area (Å²) in [6.07, 6.45) is 1.48. The van der Waals surface area contributed by atoms with E-state index in [1.807, 2.05) is 0 Å². The van der Waals surface area contributed by atoms with E-state index in [2.05, 4.69) is 4.98 Å². The Morgan fingerprint density at radius 3 is 2.60 bits per heavy atom. The first-order chi connectivity index (χ1) is 14.4. The van der Waals surface area contributed by atoms with Gasteiger partial charge in [-0.15, -0.1) is 0 Å². The molecule has 0 bridgehead atoms. The van der Waals surface area contributed by atoms with E-state index in [0.717, 1.165) is 0 Å². The number of fused-ring (bicyclic) bond motifs is 1. The zero-order valence-corrected chi connectivity index (χ0v) is 16.3. The molecule has 7 nitrogen and oxygen atoms in total. The largest absolute Gasteiger partial charge is 0.477 e. The summed E-state index contributed by atoms with van der Waals surface area (Å²) in [6.45, 7) is 0.158. The third-order valence-corrected chi connectivity index (χ3v) is 5.10. The van der Waals surface area contributed by atoms with E-state index < -0.39 is 17.4 Å². The van der Waals surface area contributed by atoms with Crippen LogP contribution in [0.25, 0.3) is 22.0 Å². The number of nitrogens with zero attached hydrogens (tertiary/aromatic N) is 1. The van der Waals surface area contributed by atoms with Gasteiger partial charge < -0.3 is 20.4 Å². The summed E-state index contributed by atoms with van der Waals surface area (Å²) in [4.78, 5) is 38.9. The van der Waals surface area contributed by atoms with E-state index in [1.165, 1.54) is 6.20 Å². The van der Waals surface area contributed by atoms with E-state index in [4.69, 9.17) is 17.3 Å². The molecule has 0 aliphatic rings. The number of H-pyrrole nitrogens is 1. The summed E-state index contributed by atoms with van der Waals surface area (Å²) in [7, 11) is 0. The molecule has 30 heavy (non-hydrogen) atoms. The highest BCUT2D eigenvalue weighted by atomic mass is 35.5. The Labute approximate surface area is 175 Å². The van der Waals surface area contributed by atoms with Gasteiger partial charge in [0, 0.05) is 45.4 Å². The summed E-state index contributed by atoms with van der Waals surface area (Å²) in [5.74, 6) is -1.76. The van der Waals surface area contributed by atoms with E-state index >= 15 is 0 Å². The number of carboxylic acids is 1. The van der Waals surface area contributed by atoms with Crippen LogP contribution in [0.5, 0.6) is 0 Å². The number of primary amides is 1. The zero-order chi connectivity index (χ0) is 21.4. The molecule has 8 heteroatoms. The lowest BCUT2D eigenvalue weighted by Crippen LogP contribution is -2.14. The van der Waals surface area contributed by atoms with Gasteiger partial charge in [-0.2, -0.15) is 0 Å². The standard InChI is InChI=1S/C22H16ClN3O4/c23-14-6-7-17-16(10-14)18(15-5-2-8-25-21(15)28)19(22(29)30)26(17)11-12-3-1-4-13(9-12)20(24)27/h1-10H,11H2,(H2,24,27)(H,25,28)(H,29,30). The van der Waals surface area contributed by atoms with Gasteiger partial charge in [-0.05, 0) is 48.0 Å². The minimum absolute atomic E-state index is 0.0477. The van der Waals surface area contributed by atoms with E-state index in [0.29, 0.717) is 27.1 Å². The van der Waals surface area contributed by atoms with Gasteiger partial charge in [-0.25, -0.2) is 4.79 Å². The maximum absolute atomic E-state index is 12.5. The van der Waals surface area contributed by atoms with Gasteiger partial charge in [0.2, 0.25) is 5.91 Å². The second-order valence-electron chi connectivity index (χ2n) is 6.75. The molecule has 0 saturated carbocycles. The van der Waals surface area contributed by atoms with Gasteiger partial charge in [0.1, 0.15) is 5.69 Å². The molecule has 0 aliphatic heterocycles. The normalized spacial score (nSPS) is 11.0. The van der Waals surface area contributed by atoms with Crippen LogP contribution >= 0.6 is 11.6 Å². The summed E-state index contributed by atoms with van der Waals surface area (Å²) >= 11 is 6.18. The van der Waals surface area contributed by atoms with E-state index in [1.54, 1.807) is 59.2 Å². The lowest BCUT2D eigenvalue weighted by molar-refractivity contribution is 0.0687. The number of carbonyl (C=O) groups excluding carboxylic acids is 1. The Kier molecular flexibility index (Phi) is 4.89. The molecule has 2 heterocycles. The Balaban J connectivity index is 2.03. The number of pyridine rings is 1. The number of aromatic nitrogens is 2. The molecule has 0 unspecified atom stereocenters. The summed E-state index contributed by atoms with van der Waals surface area (Å²) < 4.78 is 1.59. The lowest BCUT2D eigenvalue weighted by atomic mass is 10.0. The van der Waals surface area contributed by atoms with Crippen LogP contribution in [0.3, 0.4) is 0 Å². The van der Waals surface area contributed by atoms with Crippen molar-refractivity contribution in [3.63, 3.8) is 0 Å². The molecule has 4 rings (SSSR count). The van der Waals surface area contributed by atoms with Gasteiger partial charge in [-0.3, -0.25) is 9.59 Å². The van der Waals surface area contributed by atoms with Crippen LogP contribution in [0.4, 0.5) is 0 Å². The minimum Gasteiger partial charge on any atom is -0.477 e. The molecule has 4 N–H and O–H groups in total. The van der Waals surface area contributed by atoms with Gasteiger partial charge in [-0.1, -0.05) is 23.7 Å². The molecule has 2 aromatic carbocycles. The van der Waals surface area contributed by atoms with Crippen molar-refractivity contribution in [1.29, 1.82) is 0 Å². The Bertz CT molecular complexity index is 1370. The molecule has 4 aromatic rings. The summed E-state index contributed by atoms with van der Waals surface area (Å²) in [5, 5.41) is 11.0. The maximum Gasteiger partial charge on any atom is 0.353 e. The molecular weight excluding hydrogens is 406 g/mol. The van der Waals surface area contributed by atoms with Crippen LogP contribution in [0, 0.1) is 0 Å². The predicted molar refractivity (Wildman–Crippen MR) is 114 cm³/mol. The molecule has 150 valence electrons. The highest BCUT2D eigenvalue weighted by Crippen LogP contribution is 2.35. The van der Waals surface area contributed by atoms with Crippen LogP contribution in [0.2, 0.25) is 5.02 Å². The third kappa shape index (κ3) is 3.35. The Hall–Kier alpha value is -3.84. The molecule has 0 radical (unpaired) electrons. The highest BCUT2D eigenvalue weighted by Gasteiger charge is 2.25. The number of rotatable bonds is 5. The molecule has 0 spiro atoms. The van der Waals surface area contributed by atoms with Crippen molar-refractivity contribution in [3.8, 4) is 11.1 Å². The number of hydrogen-bond acceptors (Lipinski definition) is 3. The number of aromatic carboxylic acids is 1. The van der Waals surface area contributed by atoms with Crippen molar-refractivity contribution < 1.29 is 14.7 Å². The fourth-order valence-electron chi connectivity index (χ4n) is 3.61. The third-order valence-electron chi connectivity index (χ3n) is 4.87. The van der Waals surface area contributed by atoms with Crippen molar-refractivity contribution >= 4 is 34.4 Å². The van der Waals surface area contributed by atoms with Gasteiger partial charge in [0.05, 0.1) is 0 Å². The molecular formula is C22H16ClN3O4. The molecule has 0 aliphatic carbocycles. The zero-order valence-electron chi connectivity index (χ0n) is 15.6. The molecule has 2 aromatic heterocycles. The van der Waals surface area contributed by atoms with Crippen LogP contribution in [-0.2, 0) is 6.54 Å². The fraction of sp³-hybridized carbons (Fsp3) is 0.0455. The van der Waals surface area contributed by atoms with Crippen LogP contribution in [0.1, 0.15) is 26.4 Å². The maximum atomic E-state index is 12.5. The Morgan fingerprint density at radius 1 is 1.10 bits per heavy atom. The topological polar surface area (TPSA) is 118 Å². The lowest BCUT2D eigenvalue weighted by Gasteiger charge is -2.10. The number of nitrogens with two attached hydrogens (primary N) is 1. The number of halogens is 1. The number of carboxylic acid groups (broad SMARTS) is 1. The first-order valence-corrected chi connectivity index (χ1v) is 9.36. The molecule has 0 saturated heterocycles. The smallest absolute Gasteiger partial charge is 0.353 e. The second-order valence-corrected chi connectivity index (χ2v) is 7.19. The number of aromatic amines is 1. The highest BCUT2D eigenvalue weighted by molar-refractivity contribution is 6.31. The molecule has 0 fully saturated rings.